The van der Waals surface area contributed by atoms with Gasteiger partial charge in [-0.25, -0.2) is 0 Å². The Hall–Kier alpha value is -1.74. The summed E-state index contributed by atoms with van der Waals surface area (Å²) in [6.45, 7) is 2.06. The molecule has 0 aliphatic rings. The molecule has 0 radical (unpaired) electrons. The van der Waals surface area contributed by atoms with Gasteiger partial charge in [0.05, 0.1) is 7.11 Å². The molecule has 4 heteroatoms. The van der Waals surface area contributed by atoms with Crippen molar-refractivity contribution in [3.63, 3.8) is 0 Å². The Labute approximate surface area is 112 Å². The lowest BCUT2D eigenvalue weighted by Gasteiger charge is -2.15. The molecule has 94 valence electrons. The second-order valence-corrected chi connectivity index (χ2v) is 4.42. The van der Waals surface area contributed by atoms with Gasteiger partial charge in [-0.2, -0.15) is 4.98 Å². The number of anilines is 1. The van der Waals surface area contributed by atoms with Crippen molar-refractivity contribution < 1.29 is 4.74 Å². The molecule has 0 bridgehead atoms. The van der Waals surface area contributed by atoms with Crippen molar-refractivity contribution in [3.8, 4) is 5.88 Å². The second-order valence-electron chi connectivity index (χ2n) is 3.99. The number of nitrogens with zero attached hydrogens (tertiary/aromatic N) is 1. The molecule has 1 unspecified atom stereocenters. The van der Waals surface area contributed by atoms with E-state index in [0.29, 0.717) is 5.88 Å². The molecular weight excluding hydrogens is 248 g/mol. The molecule has 0 aliphatic carbocycles. The van der Waals surface area contributed by atoms with Crippen molar-refractivity contribution in [1.29, 1.82) is 0 Å². The maximum absolute atomic E-state index is 5.98. The van der Waals surface area contributed by atoms with Gasteiger partial charge in [-0.1, -0.05) is 29.8 Å². The topological polar surface area (TPSA) is 34.1 Å². The van der Waals surface area contributed by atoms with Gasteiger partial charge in [0.25, 0.3) is 0 Å². The van der Waals surface area contributed by atoms with Crippen LogP contribution in [0.2, 0.25) is 5.02 Å². The normalized spacial score (nSPS) is 11.9. The van der Waals surface area contributed by atoms with Crippen molar-refractivity contribution >= 4 is 17.4 Å². The lowest BCUT2D eigenvalue weighted by atomic mass is 10.1. The number of hydrogen-bond acceptors (Lipinski definition) is 3. The summed E-state index contributed by atoms with van der Waals surface area (Å²) in [5.74, 6) is 1.38. The van der Waals surface area contributed by atoms with E-state index in [2.05, 4.69) is 17.2 Å². The largest absolute Gasteiger partial charge is 0.481 e. The maximum atomic E-state index is 5.98. The van der Waals surface area contributed by atoms with Crippen LogP contribution in [0.25, 0.3) is 0 Å². The highest BCUT2D eigenvalue weighted by atomic mass is 35.5. The van der Waals surface area contributed by atoms with Gasteiger partial charge in [0, 0.05) is 17.1 Å². The third-order valence-corrected chi connectivity index (χ3v) is 2.88. The zero-order chi connectivity index (χ0) is 13.0. The van der Waals surface area contributed by atoms with Crippen LogP contribution in [-0.4, -0.2) is 12.1 Å². The van der Waals surface area contributed by atoms with Crippen molar-refractivity contribution in [3.05, 3.63) is 53.1 Å². The van der Waals surface area contributed by atoms with E-state index in [1.54, 1.807) is 7.11 Å². The first-order chi connectivity index (χ1) is 8.69. The van der Waals surface area contributed by atoms with Crippen molar-refractivity contribution in [2.75, 3.05) is 12.4 Å². The molecule has 0 aliphatic heterocycles. The number of ether oxygens (including phenoxy) is 1. The number of hydrogen-bond donors (Lipinski definition) is 1. The van der Waals surface area contributed by atoms with E-state index < -0.39 is 0 Å². The van der Waals surface area contributed by atoms with Gasteiger partial charge in [0.15, 0.2) is 0 Å². The quantitative estimate of drug-likeness (QED) is 0.907. The third kappa shape index (κ3) is 3.14. The lowest BCUT2D eigenvalue weighted by molar-refractivity contribution is 0.398. The standard InChI is InChI=1S/C14H15ClN2O/c1-10(11-5-3-6-12(15)9-11)16-13-7-4-8-14(17-13)18-2/h3-10H,1-2H3,(H,16,17). The fourth-order valence-corrected chi connectivity index (χ4v) is 1.89. The Morgan fingerprint density at radius 2 is 2.00 bits per heavy atom. The molecule has 0 saturated heterocycles. The molecule has 2 rings (SSSR count). The summed E-state index contributed by atoms with van der Waals surface area (Å²) in [5.41, 5.74) is 1.12. The summed E-state index contributed by atoms with van der Waals surface area (Å²) < 4.78 is 5.09. The highest BCUT2D eigenvalue weighted by Gasteiger charge is 2.06. The summed E-state index contributed by atoms with van der Waals surface area (Å²) in [6, 6.07) is 13.5. The highest BCUT2D eigenvalue weighted by Crippen LogP contribution is 2.21. The van der Waals surface area contributed by atoms with Crippen LogP contribution in [0.15, 0.2) is 42.5 Å². The summed E-state index contributed by atoms with van der Waals surface area (Å²) in [5, 5.41) is 4.05. The molecular formula is C14H15ClN2O. The predicted octanol–water partition coefficient (Wildman–Crippen LogP) is 3.92. The molecule has 2 aromatic rings. The third-order valence-electron chi connectivity index (χ3n) is 2.65. The predicted molar refractivity (Wildman–Crippen MR) is 74.3 cm³/mol. The number of pyridine rings is 1. The molecule has 1 aromatic carbocycles. The Kier molecular flexibility index (Phi) is 4.05. The first kappa shape index (κ1) is 12.7. The zero-order valence-corrected chi connectivity index (χ0v) is 11.1. The van der Waals surface area contributed by atoms with Crippen LogP contribution in [0.4, 0.5) is 5.82 Å². The van der Waals surface area contributed by atoms with Gasteiger partial charge in [0.1, 0.15) is 5.82 Å². The number of halogens is 1. The summed E-state index contributed by atoms with van der Waals surface area (Å²) in [4.78, 5) is 4.31. The minimum atomic E-state index is 0.128. The zero-order valence-electron chi connectivity index (χ0n) is 10.4. The molecule has 0 saturated carbocycles. The number of nitrogens with one attached hydrogen (secondary N) is 1. The minimum absolute atomic E-state index is 0.128. The maximum Gasteiger partial charge on any atom is 0.214 e. The van der Waals surface area contributed by atoms with E-state index >= 15 is 0 Å². The molecule has 1 atom stereocenters. The summed E-state index contributed by atoms with van der Waals surface area (Å²) in [7, 11) is 1.60. The van der Waals surface area contributed by atoms with E-state index in [1.807, 2.05) is 42.5 Å². The van der Waals surface area contributed by atoms with Gasteiger partial charge >= 0.3 is 0 Å². The van der Waals surface area contributed by atoms with E-state index in [9.17, 15) is 0 Å². The van der Waals surface area contributed by atoms with Gasteiger partial charge in [-0.3, -0.25) is 0 Å². The van der Waals surface area contributed by atoms with Crippen molar-refractivity contribution in [1.82, 2.24) is 4.98 Å². The van der Waals surface area contributed by atoms with E-state index in [0.717, 1.165) is 16.4 Å². The molecule has 0 fully saturated rings. The Morgan fingerprint density at radius 3 is 2.72 bits per heavy atom. The molecule has 3 nitrogen and oxygen atoms in total. The SMILES string of the molecule is COc1cccc(NC(C)c2cccc(Cl)c2)n1. The van der Waals surface area contributed by atoms with E-state index in [4.69, 9.17) is 16.3 Å². The van der Waals surface area contributed by atoms with Crippen molar-refractivity contribution in [2.45, 2.75) is 13.0 Å². The van der Waals surface area contributed by atoms with Crippen LogP contribution >= 0.6 is 11.6 Å². The van der Waals surface area contributed by atoms with Crippen LogP contribution < -0.4 is 10.1 Å². The second kappa shape index (κ2) is 5.74. The molecule has 18 heavy (non-hydrogen) atoms. The van der Waals surface area contributed by atoms with Gasteiger partial charge in [-0.15, -0.1) is 0 Å². The monoisotopic (exact) mass is 262 g/mol. The average molecular weight is 263 g/mol. The summed E-state index contributed by atoms with van der Waals surface area (Å²) in [6.07, 6.45) is 0. The summed E-state index contributed by atoms with van der Waals surface area (Å²) >= 11 is 5.98. The van der Waals surface area contributed by atoms with Gasteiger partial charge in [-0.05, 0) is 30.7 Å². The van der Waals surface area contributed by atoms with Gasteiger partial charge in [0.2, 0.25) is 5.88 Å². The van der Waals surface area contributed by atoms with Crippen LogP contribution in [0, 0.1) is 0 Å². The molecule has 0 amide bonds. The van der Waals surface area contributed by atoms with Crippen molar-refractivity contribution in [2.24, 2.45) is 0 Å². The Morgan fingerprint density at radius 1 is 1.22 bits per heavy atom. The Balaban J connectivity index is 2.13. The molecule has 1 heterocycles. The first-order valence-electron chi connectivity index (χ1n) is 5.72. The molecule has 1 aromatic heterocycles. The van der Waals surface area contributed by atoms with E-state index in [-0.39, 0.29) is 6.04 Å². The minimum Gasteiger partial charge on any atom is -0.481 e. The highest BCUT2D eigenvalue weighted by molar-refractivity contribution is 6.30. The number of benzene rings is 1. The van der Waals surface area contributed by atoms with Crippen LogP contribution in [0.1, 0.15) is 18.5 Å². The smallest absolute Gasteiger partial charge is 0.214 e. The Bertz CT molecular complexity index is 531. The molecule has 1 N–H and O–H groups in total. The number of rotatable bonds is 4. The lowest BCUT2D eigenvalue weighted by Crippen LogP contribution is -2.08. The first-order valence-corrected chi connectivity index (χ1v) is 6.10. The fraction of sp³-hybridized carbons (Fsp3) is 0.214. The number of aromatic nitrogens is 1. The van der Waals surface area contributed by atoms with Crippen LogP contribution in [0.5, 0.6) is 5.88 Å². The van der Waals surface area contributed by atoms with Crippen LogP contribution in [0.3, 0.4) is 0 Å². The van der Waals surface area contributed by atoms with Gasteiger partial charge < -0.3 is 10.1 Å². The fourth-order valence-electron chi connectivity index (χ4n) is 1.69. The average Bonchev–Trinajstić information content (AvgIpc) is 2.39. The number of methoxy groups -OCH3 is 1. The van der Waals surface area contributed by atoms with Crippen LogP contribution in [-0.2, 0) is 0 Å². The molecule has 0 spiro atoms. The van der Waals surface area contributed by atoms with E-state index in [1.165, 1.54) is 0 Å².